The lowest BCUT2D eigenvalue weighted by molar-refractivity contribution is 0.487. The SMILES string of the molecule is c1ccc(C2(c3ccccc3)c3ccccc3-c3c(-c4ccc5cccc6c5c4-c4ccccc4O6)cccc32)cc1. The second-order valence-electron chi connectivity index (χ2n) is 11.2. The Morgan fingerprint density at radius 3 is 1.71 bits per heavy atom. The zero-order valence-corrected chi connectivity index (χ0v) is 22.9. The molecule has 0 amide bonds. The summed E-state index contributed by atoms with van der Waals surface area (Å²) in [6.07, 6.45) is 0. The molecule has 0 unspecified atom stereocenters. The first-order chi connectivity index (χ1) is 20.9. The van der Waals surface area contributed by atoms with Crippen LogP contribution in [0.5, 0.6) is 11.5 Å². The summed E-state index contributed by atoms with van der Waals surface area (Å²) < 4.78 is 6.44. The normalized spacial score (nSPS) is 13.6. The summed E-state index contributed by atoms with van der Waals surface area (Å²) in [7, 11) is 0. The highest BCUT2D eigenvalue weighted by atomic mass is 16.5. The Morgan fingerprint density at radius 2 is 0.929 bits per heavy atom. The summed E-state index contributed by atoms with van der Waals surface area (Å²) >= 11 is 0. The van der Waals surface area contributed by atoms with Crippen LogP contribution < -0.4 is 4.74 Å². The minimum Gasteiger partial charge on any atom is -0.456 e. The van der Waals surface area contributed by atoms with Crippen molar-refractivity contribution in [3.05, 3.63) is 180 Å². The Balaban J connectivity index is 1.43. The molecule has 0 atom stereocenters. The van der Waals surface area contributed by atoms with E-state index in [9.17, 15) is 0 Å². The van der Waals surface area contributed by atoms with Crippen LogP contribution in [-0.2, 0) is 5.41 Å². The Bertz CT molecular complexity index is 2120. The van der Waals surface area contributed by atoms with Crippen molar-refractivity contribution in [1.29, 1.82) is 0 Å². The van der Waals surface area contributed by atoms with Crippen LogP contribution in [0.3, 0.4) is 0 Å². The number of hydrogen-bond donors (Lipinski definition) is 0. The molecule has 0 saturated heterocycles. The average Bonchev–Trinajstić information content (AvgIpc) is 3.37. The van der Waals surface area contributed by atoms with E-state index in [1.54, 1.807) is 0 Å². The molecule has 1 heterocycles. The van der Waals surface area contributed by atoms with Gasteiger partial charge in [-0.1, -0.05) is 146 Å². The molecular formula is C41H26O. The van der Waals surface area contributed by atoms with Crippen LogP contribution in [-0.4, -0.2) is 0 Å². The predicted molar refractivity (Wildman–Crippen MR) is 172 cm³/mol. The first-order valence-electron chi connectivity index (χ1n) is 14.5. The van der Waals surface area contributed by atoms with Crippen molar-refractivity contribution in [1.82, 2.24) is 0 Å². The predicted octanol–water partition coefficient (Wildman–Crippen LogP) is 10.6. The van der Waals surface area contributed by atoms with Gasteiger partial charge in [0.15, 0.2) is 0 Å². The van der Waals surface area contributed by atoms with Crippen molar-refractivity contribution in [3.8, 4) is 44.9 Å². The van der Waals surface area contributed by atoms with Gasteiger partial charge in [-0.3, -0.25) is 0 Å². The summed E-state index contributed by atoms with van der Waals surface area (Å²) in [6, 6.07) is 57.2. The van der Waals surface area contributed by atoms with Crippen LogP contribution >= 0.6 is 0 Å². The van der Waals surface area contributed by atoms with Crippen LogP contribution in [0, 0.1) is 0 Å². The minimum atomic E-state index is -0.426. The number of rotatable bonds is 3. The third-order valence-corrected chi connectivity index (χ3v) is 9.16. The summed E-state index contributed by atoms with van der Waals surface area (Å²) in [5.74, 6) is 1.82. The molecule has 0 aromatic heterocycles. The van der Waals surface area contributed by atoms with Crippen LogP contribution in [0.2, 0.25) is 0 Å². The lowest BCUT2D eigenvalue weighted by atomic mass is 9.67. The minimum absolute atomic E-state index is 0.426. The number of ether oxygens (including phenoxy) is 1. The maximum absolute atomic E-state index is 6.44. The van der Waals surface area contributed by atoms with Gasteiger partial charge in [0.25, 0.3) is 0 Å². The van der Waals surface area contributed by atoms with Gasteiger partial charge in [0, 0.05) is 16.5 Å². The van der Waals surface area contributed by atoms with Gasteiger partial charge < -0.3 is 4.74 Å². The van der Waals surface area contributed by atoms with E-state index in [0.29, 0.717) is 0 Å². The molecule has 0 fully saturated rings. The van der Waals surface area contributed by atoms with E-state index < -0.39 is 5.41 Å². The van der Waals surface area contributed by atoms with Crippen molar-refractivity contribution in [2.75, 3.05) is 0 Å². The Morgan fingerprint density at radius 1 is 0.357 bits per heavy atom. The van der Waals surface area contributed by atoms with E-state index in [0.717, 1.165) is 17.1 Å². The molecule has 1 aliphatic carbocycles. The lowest BCUT2D eigenvalue weighted by Crippen LogP contribution is -2.28. The molecule has 0 N–H and O–H groups in total. The second kappa shape index (κ2) is 8.80. The van der Waals surface area contributed by atoms with E-state index in [1.165, 1.54) is 60.8 Å². The molecule has 0 radical (unpaired) electrons. The summed E-state index contributed by atoms with van der Waals surface area (Å²) in [4.78, 5) is 0. The smallest absolute Gasteiger partial charge is 0.135 e. The monoisotopic (exact) mass is 534 g/mol. The highest BCUT2D eigenvalue weighted by Crippen LogP contribution is 2.59. The summed E-state index contributed by atoms with van der Waals surface area (Å²) in [5, 5.41) is 2.37. The number of hydrogen-bond acceptors (Lipinski definition) is 1. The molecule has 1 heteroatoms. The van der Waals surface area contributed by atoms with Gasteiger partial charge in [0.2, 0.25) is 0 Å². The molecule has 7 aromatic rings. The van der Waals surface area contributed by atoms with Crippen molar-refractivity contribution < 1.29 is 4.74 Å². The van der Waals surface area contributed by atoms with E-state index in [2.05, 4.69) is 158 Å². The third kappa shape index (κ3) is 3.03. The molecule has 42 heavy (non-hydrogen) atoms. The molecule has 0 spiro atoms. The molecule has 1 aliphatic heterocycles. The van der Waals surface area contributed by atoms with Crippen LogP contribution in [0.4, 0.5) is 0 Å². The first kappa shape index (κ1) is 23.3. The Hall–Kier alpha value is -5.40. The molecule has 0 bridgehead atoms. The summed E-state index contributed by atoms with van der Waals surface area (Å²) in [6.45, 7) is 0. The summed E-state index contributed by atoms with van der Waals surface area (Å²) in [5.41, 5.74) is 12.2. The van der Waals surface area contributed by atoms with Crippen LogP contribution in [0.15, 0.2) is 158 Å². The van der Waals surface area contributed by atoms with Crippen LogP contribution in [0.25, 0.3) is 44.2 Å². The maximum Gasteiger partial charge on any atom is 0.135 e. The molecule has 196 valence electrons. The second-order valence-corrected chi connectivity index (χ2v) is 11.2. The molecule has 2 aliphatic rings. The maximum atomic E-state index is 6.44. The number of para-hydroxylation sites is 1. The van der Waals surface area contributed by atoms with Crippen molar-refractivity contribution >= 4 is 10.8 Å². The molecule has 9 rings (SSSR count). The standard InChI is InChI=1S/C41H26O/c1-3-14-28(15-4-1)41(29-16-5-2-6-17-29)34-21-9-7-18-32(34)39-30(20-12-22-35(39)41)31-26-25-27-13-11-24-37-38(27)40(31)33-19-8-10-23-36(33)42-37/h1-26H. The highest BCUT2D eigenvalue weighted by Gasteiger charge is 2.46. The topological polar surface area (TPSA) is 9.23 Å². The van der Waals surface area contributed by atoms with Gasteiger partial charge in [-0.25, -0.2) is 0 Å². The van der Waals surface area contributed by atoms with Crippen molar-refractivity contribution in [2.24, 2.45) is 0 Å². The van der Waals surface area contributed by atoms with E-state index in [4.69, 9.17) is 4.74 Å². The third-order valence-electron chi connectivity index (χ3n) is 9.16. The van der Waals surface area contributed by atoms with E-state index >= 15 is 0 Å². The van der Waals surface area contributed by atoms with Gasteiger partial charge in [0.1, 0.15) is 11.5 Å². The van der Waals surface area contributed by atoms with Crippen molar-refractivity contribution in [3.63, 3.8) is 0 Å². The average molecular weight is 535 g/mol. The van der Waals surface area contributed by atoms with Gasteiger partial charge >= 0.3 is 0 Å². The number of fused-ring (bicyclic) bond motifs is 5. The fourth-order valence-electron chi connectivity index (χ4n) is 7.53. The molecule has 7 aromatic carbocycles. The molecule has 1 nitrogen and oxygen atoms in total. The zero-order chi connectivity index (χ0) is 27.7. The Kier molecular flexibility index (Phi) is 4.88. The quantitative estimate of drug-likeness (QED) is 0.219. The first-order valence-corrected chi connectivity index (χ1v) is 14.5. The van der Waals surface area contributed by atoms with Gasteiger partial charge in [-0.2, -0.15) is 0 Å². The largest absolute Gasteiger partial charge is 0.456 e. The highest BCUT2D eigenvalue weighted by molar-refractivity contribution is 6.12. The lowest BCUT2D eigenvalue weighted by Gasteiger charge is -2.34. The van der Waals surface area contributed by atoms with Crippen molar-refractivity contribution in [2.45, 2.75) is 5.41 Å². The molecular weight excluding hydrogens is 508 g/mol. The van der Waals surface area contributed by atoms with Gasteiger partial charge in [0.05, 0.1) is 5.41 Å². The van der Waals surface area contributed by atoms with E-state index in [1.807, 2.05) is 0 Å². The number of benzene rings is 7. The van der Waals surface area contributed by atoms with E-state index in [-0.39, 0.29) is 0 Å². The zero-order valence-electron chi connectivity index (χ0n) is 22.9. The molecule has 0 saturated carbocycles. The van der Waals surface area contributed by atoms with Crippen LogP contribution in [0.1, 0.15) is 22.3 Å². The Labute approximate surface area is 245 Å². The fraction of sp³-hybridized carbons (Fsp3) is 0.0244. The fourth-order valence-corrected chi connectivity index (χ4v) is 7.53. The van der Waals surface area contributed by atoms with Gasteiger partial charge in [-0.15, -0.1) is 0 Å². The van der Waals surface area contributed by atoms with Gasteiger partial charge in [-0.05, 0) is 62.0 Å².